The maximum atomic E-state index is 12.3. The highest BCUT2D eigenvalue weighted by molar-refractivity contribution is 7.20. The Morgan fingerprint density at radius 3 is 2.62 bits per heavy atom. The van der Waals surface area contributed by atoms with Crippen molar-refractivity contribution in [3.63, 3.8) is 0 Å². The molecule has 0 saturated heterocycles. The summed E-state index contributed by atoms with van der Waals surface area (Å²) in [6, 6.07) is 0. The summed E-state index contributed by atoms with van der Waals surface area (Å²) in [5.74, 6) is -1.66. The molecule has 112 valence electrons. The number of aliphatic carboxylic acids is 1. The molecule has 0 unspecified atom stereocenters. The van der Waals surface area contributed by atoms with E-state index in [1.165, 1.54) is 24.7 Å². The predicted molar refractivity (Wildman–Crippen MR) is 78.8 cm³/mol. The van der Waals surface area contributed by atoms with Gasteiger partial charge in [-0.15, -0.1) is 11.3 Å². The van der Waals surface area contributed by atoms with Crippen molar-refractivity contribution in [3.05, 3.63) is 27.1 Å². The number of hydrogen-bond donors (Lipinski definition) is 2. The second kappa shape index (κ2) is 4.96. The summed E-state index contributed by atoms with van der Waals surface area (Å²) in [7, 11) is 1.58. The highest BCUT2D eigenvalue weighted by atomic mass is 32.1. The van der Waals surface area contributed by atoms with Crippen LogP contribution in [-0.4, -0.2) is 32.1 Å². The molecule has 0 aliphatic carbocycles. The number of nitrogens with zero attached hydrogens (tertiary/aromatic N) is 2. The third kappa shape index (κ3) is 2.54. The minimum Gasteiger partial charge on any atom is -0.480 e. The number of nitrogens with one attached hydrogen (secondary N) is 1. The summed E-state index contributed by atoms with van der Waals surface area (Å²) >= 11 is 1.08. The first kappa shape index (κ1) is 15.2. The number of rotatable bonds is 3. The average Bonchev–Trinajstić information content (AvgIpc) is 2.71. The van der Waals surface area contributed by atoms with Crippen LogP contribution in [0.3, 0.4) is 0 Å². The Morgan fingerprint density at radius 1 is 1.43 bits per heavy atom. The maximum absolute atomic E-state index is 12.3. The van der Waals surface area contributed by atoms with E-state index in [0.717, 1.165) is 11.3 Å². The normalized spacial score (nSPS) is 11.6. The van der Waals surface area contributed by atoms with Gasteiger partial charge in [0.05, 0.1) is 16.6 Å². The van der Waals surface area contributed by atoms with E-state index in [9.17, 15) is 14.4 Å². The quantitative estimate of drug-likeness (QED) is 0.877. The van der Waals surface area contributed by atoms with Gasteiger partial charge in [-0.2, -0.15) is 0 Å². The molecule has 0 fully saturated rings. The first-order valence-electron chi connectivity index (χ1n) is 6.16. The van der Waals surface area contributed by atoms with E-state index >= 15 is 0 Å². The molecular formula is C13H15N3O4S. The Hall–Kier alpha value is -2.22. The minimum atomic E-state index is -1.39. The molecule has 2 aromatic heterocycles. The van der Waals surface area contributed by atoms with Gasteiger partial charge in [0.1, 0.15) is 10.4 Å². The lowest BCUT2D eigenvalue weighted by atomic mass is 10.1. The number of carboxylic acids is 1. The Morgan fingerprint density at radius 2 is 2.05 bits per heavy atom. The van der Waals surface area contributed by atoms with Crippen LogP contribution in [0.4, 0.5) is 0 Å². The molecule has 0 spiro atoms. The Labute approximate surface area is 124 Å². The summed E-state index contributed by atoms with van der Waals surface area (Å²) in [5, 5.41) is 11.9. The number of carboxylic acid groups (broad SMARTS) is 1. The molecule has 2 aromatic rings. The SMILES string of the molecule is Cc1c(C(=O)NC(C)(C)C(=O)O)sc2ncn(C)c(=O)c12. The monoisotopic (exact) mass is 309 g/mol. The van der Waals surface area contributed by atoms with Crippen LogP contribution >= 0.6 is 11.3 Å². The average molecular weight is 309 g/mol. The standard InChI is InChI=1S/C13H15N3O4S/c1-6-7-10(14-5-16(4)11(7)18)21-8(6)9(17)15-13(2,3)12(19)20/h5H,1-4H3,(H,15,17)(H,19,20). The molecule has 0 radical (unpaired) electrons. The largest absolute Gasteiger partial charge is 0.480 e. The molecule has 8 heteroatoms. The van der Waals surface area contributed by atoms with E-state index in [-0.39, 0.29) is 5.56 Å². The fourth-order valence-electron chi connectivity index (χ4n) is 1.82. The lowest BCUT2D eigenvalue weighted by molar-refractivity contribution is -0.143. The lowest BCUT2D eigenvalue weighted by Crippen LogP contribution is -2.49. The van der Waals surface area contributed by atoms with E-state index in [4.69, 9.17) is 5.11 Å². The number of carbonyl (C=O) groups is 2. The van der Waals surface area contributed by atoms with Crippen molar-refractivity contribution in [2.24, 2.45) is 7.05 Å². The van der Waals surface area contributed by atoms with Gasteiger partial charge in [-0.05, 0) is 26.3 Å². The Kier molecular flexibility index (Phi) is 3.58. The number of fused-ring (bicyclic) bond motifs is 1. The van der Waals surface area contributed by atoms with Crippen LogP contribution < -0.4 is 10.9 Å². The van der Waals surface area contributed by atoms with Gasteiger partial charge in [0, 0.05) is 7.05 Å². The number of amides is 1. The van der Waals surface area contributed by atoms with Crippen LogP contribution in [0.25, 0.3) is 10.2 Å². The van der Waals surface area contributed by atoms with Crippen molar-refractivity contribution in [1.29, 1.82) is 0 Å². The van der Waals surface area contributed by atoms with Gasteiger partial charge >= 0.3 is 5.97 Å². The maximum Gasteiger partial charge on any atom is 0.328 e. The predicted octanol–water partition coefficient (Wildman–Crippen LogP) is 0.896. The van der Waals surface area contributed by atoms with Crippen LogP contribution in [0.15, 0.2) is 11.1 Å². The fraction of sp³-hybridized carbons (Fsp3) is 0.385. The van der Waals surface area contributed by atoms with E-state index in [0.29, 0.717) is 20.7 Å². The molecule has 1 amide bonds. The second-order valence-electron chi connectivity index (χ2n) is 5.28. The molecule has 0 aliphatic heterocycles. The number of aromatic nitrogens is 2. The van der Waals surface area contributed by atoms with Crippen molar-refractivity contribution in [2.75, 3.05) is 0 Å². The van der Waals surface area contributed by atoms with Crippen LogP contribution in [0.5, 0.6) is 0 Å². The highest BCUT2D eigenvalue weighted by Gasteiger charge is 2.31. The van der Waals surface area contributed by atoms with Gasteiger partial charge in [-0.25, -0.2) is 9.78 Å². The van der Waals surface area contributed by atoms with Crippen LogP contribution in [-0.2, 0) is 11.8 Å². The summed E-state index contributed by atoms with van der Waals surface area (Å²) < 4.78 is 1.34. The molecule has 0 atom stereocenters. The second-order valence-corrected chi connectivity index (χ2v) is 6.28. The molecule has 7 nitrogen and oxygen atoms in total. The number of thiophene rings is 1. The molecule has 21 heavy (non-hydrogen) atoms. The van der Waals surface area contributed by atoms with Crippen LogP contribution in [0, 0.1) is 6.92 Å². The summed E-state index contributed by atoms with van der Waals surface area (Å²) in [6.07, 6.45) is 1.39. The van der Waals surface area contributed by atoms with Gasteiger partial charge in [-0.1, -0.05) is 0 Å². The molecule has 0 bridgehead atoms. The zero-order chi connectivity index (χ0) is 15.9. The van der Waals surface area contributed by atoms with Gasteiger partial charge in [0.15, 0.2) is 0 Å². The zero-order valence-corrected chi connectivity index (χ0v) is 12.9. The molecule has 2 heterocycles. The van der Waals surface area contributed by atoms with Crippen molar-refractivity contribution in [3.8, 4) is 0 Å². The number of carbonyl (C=O) groups excluding carboxylic acids is 1. The smallest absolute Gasteiger partial charge is 0.328 e. The van der Waals surface area contributed by atoms with Gasteiger partial charge < -0.3 is 15.0 Å². The lowest BCUT2D eigenvalue weighted by Gasteiger charge is -2.20. The Bertz CT molecular complexity index is 804. The first-order valence-corrected chi connectivity index (χ1v) is 6.97. The van der Waals surface area contributed by atoms with Crippen LogP contribution in [0.1, 0.15) is 29.1 Å². The topological polar surface area (TPSA) is 101 Å². The molecule has 2 rings (SSSR count). The van der Waals surface area contributed by atoms with Crippen molar-refractivity contribution >= 4 is 33.4 Å². The fourth-order valence-corrected chi connectivity index (χ4v) is 2.85. The first-order chi connectivity index (χ1) is 9.65. The molecular weight excluding hydrogens is 294 g/mol. The summed E-state index contributed by atoms with van der Waals surface area (Å²) in [4.78, 5) is 40.3. The number of hydrogen-bond acceptors (Lipinski definition) is 5. The van der Waals surface area contributed by atoms with E-state index in [1.54, 1.807) is 14.0 Å². The van der Waals surface area contributed by atoms with E-state index in [2.05, 4.69) is 10.3 Å². The molecule has 0 aliphatic rings. The summed E-state index contributed by atoms with van der Waals surface area (Å²) in [6.45, 7) is 4.45. The molecule has 0 aromatic carbocycles. The van der Waals surface area contributed by atoms with E-state index < -0.39 is 17.4 Å². The highest BCUT2D eigenvalue weighted by Crippen LogP contribution is 2.27. The third-order valence-corrected chi connectivity index (χ3v) is 4.38. The minimum absolute atomic E-state index is 0.231. The Balaban J connectivity index is 2.51. The number of aryl methyl sites for hydroxylation is 2. The summed E-state index contributed by atoms with van der Waals surface area (Å²) in [5.41, 5.74) is -1.11. The van der Waals surface area contributed by atoms with E-state index in [1.807, 2.05) is 0 Å². The van der Waals surface area contributed by atoms with Crippen molar-refractivity contribution < 1.29 is 14.7 Å². The van der Waals surface area contributed by atoms with Gasteiger partial charge in [-0.3, -0.25) is 9.59 Å². The van der Waals surface area contributed by atoms with Crippen LogP contribution in [0.2, 0.25) is 0 Å². The van der Waals surface area contributed by atoms with Crippen molar-refractivity contribution in [1.82, 2.24) is 14.9 Å². The van der Waals surface area contributed by atoms with Gasteiger partial charge in [0.25, 0.3) is 11.5 Å². The molecule has 0 saturated carbocycles. The van der Waals surface area contributed by atoms with Gasteiger partial charge in [0.2, 0.25) is 0 Å². The molecule has 2 N–H and O–H groups in total. The third-order valence-electron chi connectivity index (χ3n) is 3.18. The zero-order valence-electron chi connectivity index (χ0n) is 12.1. The van der Waals surface area contributed by atoms with Crippen molar-refractivity contribution in [2.45, 2.75) is 26.3 Å².